The van der Waals surface area contributed by atoms with Crippen molar-refractivity contribution < 1.29 is 0 Å². The molecule has 0 unspecified atom stereocenters. The Morgan fingerprint density at radius 1 is 0.442 bits per heavy atom. The highest BCUT2D eigenvalue weighted by Crippen LogP contribution is 2.36. The van der Waals surface area contributed by atoms with Crippen molar-refractivity contribution in [1.82, 2.24) is 10.6 Å². The summed E-state index contributed by atoms with van der Waals surface area (Å²) in [7, 11) is 0. The zero-order chi connectivity index (χ0) is 30.0. The molecular weight excluding hydrogens is 611 g/mol. The fraction of sp³-hybridized carbons (Fsp3) is 0.314. The molecule has 0 aliphatic carbocycles. The molecule has 0 heterocycles. The second-order valence-corrected chi connectivity index (χ2v) is 13.3. The van der Waals surface area contributed by atoms with Gasteiger partial charge in [0.05, 0.1) is 0 Å². The van der Waals surface area contributed by atoms with E-state index in [0.717, 1.165) is 73.5 Å². The topological polar surface area (TPSA) is 48.1 Å². The molecule has 0 amide bonds. The molecule has 0 fully saturated rings. The Labute approximate surface area is 276 Å². The van der Waals surface area contributed by atoms with E-state index < -0.39 is 0 Å². The summed E-state index contributed by atoms with van der Waals surface area (Å²) in [6.07, 6.45) is 5.79. The molecule has 0 bridgehead atoms. The highest BCUT2D eigenvalue weighted by atomic mass is 35.5. The third-order valence-corrected chi connectivity index (χ3v) is 9.36. The third-order valence-electron chi connectivity index (χ3n) is 6.72. The van der Waals surface area contributed by atoms with Gasteiger partial charge in [-0.25, -0.2) is 0 Å². The van der Waals surface area contributed by atoms with Crippen molar-refractivity contribution in [3.63, 3.8) is 0 Å². The lowest BCUT2D eigenvalue weighted by atomic mass is 10.2. The van der Waals surface area contributed by atoms with Crippen molar-refractivity contribution in [2.75, 3.05) is 49.9 Å². The van der Waals surface area contributed by atoms with E-state index in [1.54, 1.807) is 23.5 Å². The maximum absolute atomic E-state index is 6.27. The van der Waals surface area contributed by atoms with E-state index in [0.29, 0.717) is 0 Å². The van der Waals surface area contributed by atoms with Crippen LogP contribution in [0.1, 0.15) is 32.1 Å². The Morgan fingerprint density at radius 3 is 1.30 bits per heavy atom. The van der Waals surface area contributed by atoms with Gasteiger partial charge < -0.3 is 21.3 Å². The summed E-state index contributed by atoms with van der Waals surface area (Å²) in [6.45, 7) is 5.99. The van der Waals surface area contributed by atoms with Crippen LogP contribution in [0, 0.1) is 0 Å². The van der Waals surface area contributed by atoms with Crippen LogP contribution in [0.15, 0.2) is 117 Å². The van der Waals surface area contributed by atoms with Gasteiger partial charge in [0.1, 0.15) is 0 Å². The smallest absolute Gasteiger partial charge is 0.0496 e. The Kier molecular flexibility index (Phi) is 15.5. The van der Waals surface area contributed by atoms with Gasteiger partial charge in [-0.2, -0.15) is 0 Å². The molecule has 0 saturated carbocycles. The molecule has 43 heavy (non-hydrogen) atoms. The number of nitrogens with one attached hydrogen (secondary N) is 4. The second-order valence-electron chi connectivity index (χ2n) is 10.2. The van der Waals surface area contributed by atoms with E-state index >= 15 is 0 Å². The molecule has 0 radical (unpaired) electrons. The molecule has 4 nitrogen and oxygen atoms in total. The molecule has 0 atom stereocenters. The van der Waals surface area contributed by atoms with Crippen LogP contribution in [0.2, 0.25) is 10.0 Å². The normalized spacial score (nSPS) is 11.0. The first-order valence-corrected chi connectivity index (χ1v) is 17.5. The average molecular weight is 654 g/mol. The van der Waals surface area contributed by atoms with Crippen molar-refractivity contribution in [1.29, 1.82) is 0 Å². The zero-order valence-corrected chi connectivity index (χ0v) is 27.7. The summed E-state index contributed by atoms with van der Waals surface area (Å²) in [6, 6.07) is 33.0. The van der Waals surface area contributed by atoms with Crippen LogP contribution in [0.4, 0.5) is 11.4 Å². The number of benzene rings is 4. The Hall–Kier alpha value is -2.32. The number of hydrogen-bond donors (Lipinski definition) is 4. The molecule has 0 aliphatic rings. The van der Waals surface area contributed by atoms with Crippen LogP contribution in [0.3, 0.4) is 0 Å². The predicted molar refractivity (Wildman–Crippen MR) is 190 cm³/mol. The van der Waals surface area contributed by atoms with Gasteiger partial charge in [-0.3, -0.25) is 0 Å². The summed E-state index contributed by atoms with van der Waals surface area (Å²) in [5.74, 6) is 0. The van der Waals surface area contributed by atoms with Gasteiger partial charge in [0.2, 0.25) is 0 Å². The fourth-order valence-electron chi connectivity index (χ4n) is 4.49. The van der Waals surface area contributed by atoms with E-state index in [9.17, 15) is 0 Å². The minimum atomic E-state index is 0.758. The van der Waals surface area contributed by atoms with Gasteiger partial charge in [0.15, 0.2) is 0 Å². The predicted octanol–water partition coefficient (Wildman–Crippen LogP) is 9.95. The first-order valence-electron chi connectivity index (χ1n) is 15.1. The number of unbranched alkanes of at least 4 members (excludes halogenated alkanes) is 2. The van der Waals surface area contributed by atoms with E-state index in [2.05, 4.69) is 81.9 Å². The maximum Gasteiger partial charge on any atom is 0.0496 e. The second kappa shape index (κ2) is 19.9. The molecular formula is C35H42Cl2N4S2. The van der Waals surface area contributed by atoms with Gasteiger partial charge in [-0.05, 0) is 113 Å². The van der Waals surface area contributed by atoms with Crippen molar-refractivity contribution in [2.24, 2.45) is 0 Å². The highest BCUT2D eigenvalue weighted by molar-refractivity contribution is 7.99. The van der Waals surface area contributed by atoms with Crippen LogP contribution < -0.4 is 21.3 Å². The van der Waals surface area contributed by atoms with Crippen LogP contribution in [-0.2, 0) is 0 Å². The maximum atomic E-state index is 6.27. The van der Waals surface area contributed by atoms with Gasteiger partial charge in [-0.15, -0.1) is 0 Å². The van der Waals surface area contributed by atoms with Crippen molar-refractivity contribution in [2.45, 2.75) is 51.7 Å². The van der Waals surface area contributed by atoms with Crippen LogP contribution >= 0.6 is 46.7 Å². The number of hydrogen-bond acceptors (Lipinski definition) is 6. The summed E-state index contributed by atoms with van der Waals surface area (Å²) in [4.78, 5) is 4.84. The van der Waals surface area contributed by atoms with Crippen molar-refractivity contribution in [3.05, 3.63) is 107 Å². The number of rotatable bonds is 20. The monoisotopic (exact) mass is 652 g/mol. The summed E-state index contributed by atoms with van der Waals surface area (Å²) < 4.78 is 0. The lowest BCUT2D eigenvalue weighted by Gasteiger charge is -2.13. The highest BCUT2D eigenvalue weighted by Gasteiger charge is 2.07. The van der Waals surface area contributed by atoms with Crippen LogP contribution in [0.5, 0.6) is 0 Å². The van der Waals surface area contributed by atoms with Gasteiger partial charge in [-0.1, -0.05) is 89.5 Å². The van der Waals surface area contributed by atoms with E-state index in [-0.39, 0.29) is 0 Å². The first kappa shape index (κ1) is 33.6. The Balaban J connectivity index is 0.988. The van der Waals surface area contributed by atoms with E-state index in [1.165, 1.54) is 38.8 Å². The Bertz CT molecular complexity index is 1240. The Morgan fingerprint density at radius 2 is 0.860 bits per heavy atom. The summed E-state index contributed by atoms with van der Waals surface area (Å²) in [5.41, 5.74) is 2.20. The van der Waals surface area contributed by atoms with Gasteiger partial charge in [0, 0.05) is 54.1 Å². The standard InChI is InChI=1S/C35H42Cl2N4S2/c36-28-16-18-34(42-30-12-4-1-5-13-30)32(26-28)40-24-10-22-38-20-8-3-9-21-39-23-11-25-41-33-27-29(37)17-19-35(33)43-31-14-6-2-7-15-31/h1-2,4-7,12-19,26-27,38-41H,3,8-11,20-25H2. The minimum absolute atomic E-state index is 0.758. The molecule has 0 spiro atoms. The first-order chi connectivity index (χ1) is 21.2. The molecule has 0 aromatic heterocycles. The lowest BCUT2D eigenvalue weighted by Crippen LogP contribution is -2.21. The molecule has 4 N–H and O–H groups in total. The quantitative estimate of drug-likeness (QED) is 0.0713. The molecule has 228 valence electrons. The van der Waals surface area contributed by atoms with E-state index in [1.807, 2.05) is 36.4 Å². The summed E-state index contributed by atoms with van der Waals surface area (Å²) >= 11 is 16.1. The largest absolute Gasteiger partial charge is 0.384 e. The zero-order valence-electron chi connectivity index (χ0n) is 24.6. The molecule has 4 aromatic rings. The molecule has 8 heteroatoms. The van der Waals surface area contributed by atoms with Crippen molar-refractivity contribution in [3.8, 4) is 0 Å². The SMILES string of the molecule is Clc1ccc(Sc2ccccc2)c(NCCCNCCCCCNCCCNc2cc(Cl)ccc2Sc2ccccc2)c1. The van der Waals surface area contributed by atoms with Crippen LogP contribution in [-0.4, -0.2) is 39.3 Å². The lowest BCUT2D eigenvalue weighted by molar-refractivity contribution is 0.565. The van der Waals surface area contributed by atoms with Gasteiger partial charge >= 0.3 is 0 Å². The molecule has 0 aliphatic heterocycles. The van der Waals surface area contributed by atoms with Crippen molar-refractivity contribution >= 4 is 58.1 Å². The summed E-state index contributed by atoms with van der Waals surface area (Å²) in [5, 5.41) is 15.8. The molecule has 4 rings (SSSR count). The molecule has 0 saturated heterocycles. The van der Waals surface area contributed by atoms with Crippen LogP contribution in [0.25, 0.3) is 0 Å². The number of anilines is 2. The van der Waals surface area contributed by atoms with Gasteiger partial charge in [0.25, 0.3) is 0 Å². The fourth-order valence-corrected chi connectivity index (χ4v) is 6.68. The number of halogens is 2. The minimum Gasteiger partial charge on any atom is -0.384 e. The third kappa shape index (κ3) is 13.1. The molecule has 4 aromatic carbocycles. The average Bonchev–Trinajstić information content (AvgIpc) is 3.02. The van der Waals surface area contributed by atoms with E-state index in [4.69, 9.17) is 23.2 Å².